The summed E-state index contributed by atoms with van der Waals surface area (Å²) in [6.45, 7) is 5.09. The average Bonchev–Trinajstić information content (AvgIpc) is 3.08. The van der Waals surface area contributed by atoms with E-state index < -0.39 is 15.4 Å². The number of rotatable bonds is 22. The Labute approximate surface area is 222 Å². The number of nitrogens with zero attached hydrogens (tertiary/aromatic N) is 1. The van der Waals surface area contributed by atoms with Crippen molar-refractivity contribution in [3.8, 4) is 0 Å². The second kappa shape index (κ2) is 20.1. The van der Waals surface area contributed by atoms with Gasteiger partial charge in [-0.25, -0.2) is 4.21 Å². The Kier molecular flexibility index (Phi) is 19.5. The Morgan fingerprint density at radius 3 is 1.76 bits per heavy atom. The Hall–Kier alpha value is 0.970. The summed E-state index contributed by atoms with van der Waals surface area (Å²) in [6, 6.07) is 0. The van der Waals surface area contributed by atoms with Gasteiger partial charge in [-0.2, -0.15) is 0 Å². The standard InChI is InChI=1S/C25H50NO2PS4/c1-3-5-7-9-10-11-12-13-14-15-16-17-18-19-21-26-24(27)23-25(33(26)28)29(30,31)32-22-20-8-6-4-2/h25H,3-23H2,1-2H3,(H,30,31). The van der Waals surface area contributed by atoms with Crippen LogP contribution in [0, 0.1) is 0 Å². The van der Waals surface area contributed by atoms with Gasteiger partial charge in [-0.3, -0.25) is 9.10 Å². The minimum Gasteiger partial charge on any atom is -0.274 e. The second-order valence-corrected chi connectivity index (χ2v) is 22.3. The molecule has 1 fully saturated rings. The van der Waals surface area contributed by atoms with E-state index >= 15 is 0 Å². The first-order valence-corrected chi connectivity index (χ1v) is 20.4. The lowest BCUT2D eigenvalue weighted by atomic mass is 10.0. The number of thiol groups is 1. The fourth-order valence-electron chi connectivity index (χ4n) is 4.27. The van der Waals surface area contributed by atoms with Crippen LogP contribution < -0.4 is 0 Å². The van der Waals surface area contributed by atoms with Gasteiger partial charge in [-0.15, -0.1) is 23.6 Å². The van der Waals surface area contributed by atoms with Gasteiger partial charge in [0.2, 0.25) is 5.91 Å². The van der Waals surface area contributed by atoms with E-state index in [1.54, 1.807) is 15.7 Å². The molecule has 196 valence electrons. The number of hydrogen-bond donors (Lipinski definition) is 1. The van der Waals surface area contributed by atoms with E-state index in [1.807, 2.05) is 0 Å². The molecule has 0 spiro atoms. The third-order valence-corrected chi connectivity index (χ3v) is 18.4. The summed E-state index contributed by atoms with van der Waals surface area (Å²) in [5.41, 5.74) is 0. The van der Waals surface area contributed by atoms with Gasteiger partial charge < -0.3 is 0 Å². The molecule has 3 unspecified atom stereocenters. The van der Waals surface area contributed by atoms with E-state index in [0.717, 1.165) is 25.0 Å². The summed E-state index contributed by atoms with van der Waals surface area (Å²) in [5, 5.41) is 0. The molecule has 0 aromatic heterocycles. The van der Waals surface area contributed by atoms with E-state index in [0.29, 0.717) is 13.0 Å². The number of amides is 1. The molecule has 33 heavy (non-hydrogen) atoms. The van der Waals surface area contributed by atoms with Gasteiger partial charge in [0.05, 0.1) is 10.9 Å². The van der Waals surface area contributed by atoms with Crippen LogP contribution in [0.5, 0.6) is 0 Å². The van der Waals surface area contributed by atoms with E-state index in [9.17, 15) is 9.00 Å². The summed E-state index contributed by atoms with van der Waals surface area (Å²) in [4.78, 5) is 12.2. The molecule has 0 bridgehead atoms. The van der Waals surface area contributed by atoms with Crippen molar-refractivity contribution in [2.24, 2.45) is 0 Å². The normalized spacial score (nSPS) is 20.5. The van der Waals surface area contributed by atoms with Gasteiger partial charge >= 0.3 is 0 Å². The maximum absolute atomic E-state index is 13.0. The van der Waals surface area contributed by atoms with Crippen LogP contribution in [0.1, 0.15) is 136 Å². The molecule has 1 rings (SSSR count). The van der Waals surface area contributed by atoms with Crippen molar-refractivity contribution in [2.75, 3.05) is 12.3 Å². The number of hydrogen-bond acceptors (Lipinski definition) is 4. The van der Waals surface area contributed by atoms with Gasteiger partial charge in [0, 0.05) is 6.54 Å². The van der Waals surface area contributed by atoms with Gasteiger partial charge in [0.25, 0.3) is 0 Å². The molecule has 0 aromatic carbocycles. The molecule has 1 saturated heterocycles. The van der Waals surface area contributed by atoms with Crippen molar-refractivity contribution >= 4 is 56.8 Å². The van der Waals surface area contributed by atoms with Crippen molar-refractivity contribution < 1.29 is 9.00 Å². The molecule has 0 N–H and O–H groups in total. The fourth-order valence-corrected chi connectivity index (χ4v) is 14.2. The molecule has 1 aliphatic rings. The molecular weight excluding hydrogens is 506 g/mol. The highest BCUT2D eigenvalue weighted by molar-refractivity contribution is 8.97. The average molecular weight is 556 g/mol. The maximum Gasteiger partial charge on any atom is 0.236 e. The summed E-state index contributed by atoms with van der Waals surface area (Å²) in [7, 11) is -1.29. The summed E-state index contributed by atoms with van der Waals surface area (Å²) < 4.78 is 12.5. The zero-order valence-corrected chi connectivity index (χ0v) is 25.5. The lowest BCUT2D eigenvalue weighted by Gasteiger charge is -2.22. The molecule has 3 nitrogen and oxygen atoms in total. The zero-order chi connectivity index (χ0) is 24.4. The molecule has 0 radical (unpaired) electrons. The third-order valence-electron chi connectivity index (χ3n) is 6.43. The molecule has 1 heterocycles. The highest BCUT2D eigenvalue weighted by Gasteiger charge is 2.44. The molecule has 0 aromatic rings. The first-order valence-electron chi connectivity index (χ1n) is 13.6. The fraction of sp³-hybridized carbons (Fsp3) is 0.960. The first kappa shape index (κ1) is 32.0. The molecule has 8 heteroatoms. The van der Waals surface area contributed by atoms with Crippen LogP contribution in [0.15, 0.2) is 0 Å². The lowest BCUT2D eigenvalue weighted by molar-refractivity contribution is -0.125. The Balaban J connectivity index is 2.09. The van der Waals surface area contributed by atoms with E-state index in [1.165, 1.54) is 96.3 Å². The van der Waals surface area contributed by atoms with Crippen molar-refractivity contribution in [3.05, 3.63) is 0 Å². The van der Waals surface area contributed by atoms with Crippen molar-refractivity contribution in [1.82, 2.24) is 4.31 Å². The van der Waals surface area contributed by atoms with Crippen molar-refractivity contribution in [1.29, 1.82) is 0 Å². The highest BCUT2D eigenvalue weighted by Crippen LogP contribution is 2.69. The van der Waals surface area contributed by atoms with Crippen molar-refractivity contribution in [3.63, 3.8) is 0 Å². The van der Waals surface area contributed by atoms with Crippen LogP contribution in [-0.4, -0.2) is 31.7 Å². The van der Waals surface area contributed by atoms with Crippen LogP contribution in [0.25, 0.3) is 0 Å². The van der Waals surface area contributed by atoms with Gasteiger partial charge in [0.1, 0.15) is 16.0 Å². The topological polar surface area (TPSA) is 37.4 Å². The zero-order valence-electron chi connectivity index (χ0n) is 21.3. The van der Waals surface area contributed by atoms with Crippen LogP contribution in [0.3, 0.4) is 0 Å². The summed E-state index contributed by atoms with van der Waals surface area (Å²) in [6.07, 6.45) is 23.5. The Morgan fingerprint density at radius 2 is 1.27 bits per heavy atom. The Bertz CT molecular complexity index is 591. The van der Waals surface area contributed by atoms with Crippen molar-refractivity contribution in [2.45, 2.75) is 141 Å². The SMILES string of the molecule is CCCCCCCCCCCCCCCCN1C(=O)CC(P(=S)(S)SCCCCCC)S1=O. The molecule has 3 atom stereocenters. The molecule has 1 aliphatic heterocycles. The predicted octanol–water partition coefficient (Wildman–Crippen LogP) is 9.24. The second-order valence-electron chi connectivity index (χ2n) is 9.48. The van der Waals surface area contributed by atoms with E-state index in [-0.39, 0.29) is 10.9 Å². The summed E-state index contributed by atoms with van der Waals surface area (Å²) in [5.74, 6) is 0.990. The quantitative estimate of drug-likeness (QED) is 0.0820. The molecule has 0 saturated carbocycles. The molecule has 1 amide bonds. The van der Waals surface area contributed by atoms with Crippen LogP contribution >= 0.6 is 28.1 Å². The number of unbranched alkanes of at least 4 members (excludes halogenated alkanes) is 16. The smallest absolute Gasteiger partial charge is 0.236 e. The van der Waals surface area contributed by atoms with Crippen LogP contribution in [-0.2, 0) is 27.6 Å². The van der Waals surface area contributed by atoms with Crippen LogP contribution in [0.4, 0.5) is 0 Å². The summed E-state index contributed by atoms with van der Waals surface area (Å²) >= 11 is 12.2. The first-order chi connectivity index (χ1) is 15.9. The highest BCUT2D eigenvalue weighted by atomic mass is 33.2. The monoisotopic (exact) mass is 555 g/mol. The molecular formula is C25H50NO2PS4. The minimum atomic E-state index is -2.11. The van der Waals surface area contributed by atoms with Gasteiger partial charge in [-0.05, 0) is 18.6 Å². The lowest BCUT2D eigenvalue weighted by Crippen LogP contribution is -2.27. The number of carbonyl (C=O) groups excluding carboxylic acids is 1. The molecule has 0 aliphatic carbocycles. The van der Waals surface area contributed by atoms with Gasteiger partial charge in [0.15, 0.2) is 0 Å². The largest absolute Gasteiger partial charge is 0.274 e. The van der Waals surface area contributed by atoms with Crippen LogP contribution in [0.2, 0.25) is 0 Å². The Morgan fingerprint density at radius 1 is 0.848 bits per heavy atom. The minimum absolute atomic E-state index is 0.0166. The van der Waals surface area contributed by atoms with E-state index in [4.69, 9.17) is 24.1 Å². The third kappa shape index (κ3) is 14.3. The predicted molar refractivity (Wildman–Crippen MR) is 158 cm³/mol. The number of carbonyl (C=O) groups is 1. The van der Waals surface area contributed by atoms with Gasteiger partial charge in [-0.1, -0.05) is 128 Å². The maximum atomic E-state index is 13.0. The van der Waals surface area contributed by atoms with E-state index in [2.05, 4.69) is 13.8 Å².